The summed E-state index contributed by atoms with van der Waals surface area (Å²) >= 11 is 0. The van der Waals surface area contributed by atoms with Gasteiger partial charge in [0, 0.05) is 6.42 Å². The monoisotopic (exact) mass is 252 g/mol. The Morgan fingerprint density at radius 3 is 2.89 bits per heavy atom. The molecule has 2 fully saturated rings. The highest BCUT2D eigenvalue weighted by atomic mass is 19.1. The molecule has 1 aromatic carbocycles. The Bertz CT molecular complexity index is 397. The fraction of sp³-hybridized carbons (Fsp3) is 0.571. The van der Waals surface area contributed by atoms with E-state index in [0.29, 0.717) is 19.8 Å². The van der Waals surface area contributed by atoms with E-state index in [4.69, 9.17) is 14.2 Å². The molecule has 4 heteroatoms. The minimum atomic E-state index is -0.561. The second kappa shape index (κ2) is 4.96. The van der Waals surface area contributed by atoms with E-state index in [-0.39, 0.29) is 6.10 Å². The van der Waals surface area contributed by atoms with Gasteiger partial charge in [-0.25, -0.2) is 4.39 Å². The molecule has 98 valence electrons. The predicted molar refractivity (Wildman–Crippen MR) is 64.0 cm³/mol. The van der Waals surface area contributed by atoms with Crippen molar-refractivity contribution in [3.63, 3.8) is 0 Å². The quantitative estimate of drug-likeness (QED) is 0.803. The Hall–Kier alpha value is -0.970. The van der Waals surface area contributed by atoms with Crippen molar-refractivity contribution in [2.75, 3.05) is 19.9 Å². The average Bonchev–Trinajstić information content (AvgIpc) is 2.97. The molecule has 2 heterocycles. The standard InChI is InChI=1S/C14H17FO3/c15-7-13-14(6-12(18-13)9-17-14)10-16-8-11-4-2-1-3-5-11/h1-5,12-13H,6-10H2/t12-,13?,14+/m1/s1. The Kier molecular flexibility index (Phi) is 3.33. The highest BCUT2D eigenvalue weighted by molar-refractivity contribution is 5.13. The number of hydrogen-bond acceptors (Lipinski definition) is 3. The number of benzene rings is 1. The molecule has 0 saturated carbocycles. The average molecular weight is 252 g/mol. The number of hydrogen-bond donors (Lipinski definition) is 0. The minimum Gasteiger partial charge on any atom is -0.374 e. The van der Waals surface area contributed by atoms with Gasteiger partial charge < -0.3 is 14.2 Å². The number of ether oxygens (including phenoxy) is 3. The highest BCUT2D eigenvalue weighted by Gasteiger charge is 2.55. The zero-order valence-corrected chi connectivity index (χ0v) is 10.2. The Morgan fingerprint density at radius 2 is 2.17 bits per heavy atom. The van der Waals surface area contributed by atoms with Crippen molar-refractivity contribution in [3.8, 4) is 0 Å². The number of rotatable bonds is 5. The predicted octanol–water partition coefficient (Wildman–Crippen LogP) is 2.10. The Morgan fingerprint density at radius 1 is 1.33 bits per heavy atom. The van der Waals surface area contributed by atoms with Crippen LogP contribution in [0.3, 0.4) is 0 Å². The van der Waals surface area contributed by atoms with Crippen molar-refractivity contribution < 1.29 is 18.6 Å². The summed E-state index contributed by atoms with van der Waals surface area (Å²) in [5.41, 5.74) is 0.549. The van der Waals surface area contributed by atoms with Crippen LogP contribution in [0.25, 0.3) is 0 Å². The summed E-state index contributed by atoms with van der Waals surface area (Å²) in [6.07, 6.45) is 0.328. The third-order valence-electron chi connectivity index (χ3n) is 3.67. The lowest BCUT2D eigenvalue weighted by molar-refractivity contribution is -0.174. The molecule has 2 aliphatic heterocycles. The van der Waals surface area contributed by atoms with Crippen molar-refractivity contribution in [2.24, 2.45) is 0 Å². The van der Waals surface area contributed by atoms with Crippen molar-refractivity contribution >= 4 is 0 Å². The molecule has 1 unspecified atom stereocenters. The van der Waals surface area contributed by atoms with Crippen LogP contribution >= 0.6 is 0 Å². The van der Waals surface area contributed by atoms with E-state index in [1.165, 1.54) is 0 Å². The van der Waals surface area contributed by atoms with Crippen molar-refractivity contribution in [1.82, 2.24) is 0 Å². The molecule has 3 rings (SSSR count). The van der Waals surface area contributed by atoms with Gasteiger partial charge in [-0.2, -0.15) is 0 Å². The van der Waals surface area contributed by atoms with E-state index in [1.807, 2.05) is 30.3 Å². The fourth-order valence-electron chi connectivity index (χ4n) is 2.72. The van der Waals surface area contributed by atoms with Gasteiger partial charge in [-0.3, -0.25) is 0 Å². The SMILES string of the molecule is FCC1O[C@H]2CO[C@]1(COCc1ccccc1)C2. The molecule has 18 heavy (non-hydrogen) atoms. The van der Waals surface area contributed by atoms with Crippen molar-refractivity contribution in [1.29, 1.82) is 0 Å². The van der Waals surface area contributed by atoms with Gasteiger partial charge in [-0.15, -0.1) is 0 Å². The first-order valence-corrected chi connectivity index (χ1v) is 6.29. The van der Waals surface area contributed by atoms with E-state index in [1.54, 1.807) is 0 Å². The summed E-state index contributed by atoms with van der Waals surface area (Å²) in [6.45, 7) is 0.971. The molecular formula is C14H17FO3. The van der Waals surface area contributed by atoms with Crippen LogP contribution < -0.4 is 0 Å². The van der Waals surface area contributed by atoms with Crippen LogP contribution in [0, 0.1) is 0 Å². The lowest BCUT2D eigenvalue weighted by Gasteiger charge is -2.32. The van der Waals surface area contributed by atoms with Gasteiger partial charge in [0.05, 0.1) is 25.9 Å². The second-order valence-corrected chi connectivity index (χ2v) is 4.96. The maximum atomic E-state index is 12.9. The van der Waals surface area contributed by atoms with Gasteiger partial charge >= 0.3 is 0 Å². The Balaban J connectivity index is 1.56. The normalized spacial score (nSPS) is 34.1. The van der Waals surface area contributed by atoms with Crippen molar-refractivity contribution in [3.05, 3.63) is 35.9 Å². The van der Waals surface area contributed by atoms with Gasteiger partial charge in [-0.05, 0) is 5.56 Å². The van der Waals surface area contributed by atoms with Gasteiger partial charge in [0.15, 0.2) is 0 Å². The zero-order valence-electron chi connectivity index (χ0n) is 10.2. The molecular weight excluding hydrogens is 235 g/mol. The van der Waals surface area contributed by atoms with E-state index < -0.39 is 18.4 Å². The van der Waals surface area contributed by atoms with Crippen LogP contribution in [-0.2, 0) is 20.8 Å². The van der Waals surface area contributed by atoms with E-state index in [2.05, 4.69) is 0 Å². The molecule has 0 aliphatic carbocycles. The van der Waals surface area contributed by atoms with Crippen LogP contribution in [0.4, 0.5) is 4.39 Å². The van der Waals surface area contributed by atoms with E-state index in [0.717, 1.165) is 12.0 Å². The minimum absolute atomic E-state index is 0.0473. The zero-order chi connectivity index (χ0) is 12.4. The molecule has 0 N–H and O–H groups in total. The second-order valence-electron chi connectivity index (χ2n) is 4.96. The lowest BCUT2D eigenvalue weighted by Crippen LogP contribution is -2.46. The first-order valence-electron chi connectivity index (χ1n) is 6.29. The molecule has 2 aliphatic rings. The number of alkyl halides is 1. The van der Waals surface area contributed by atoms with Crippen LogP contribution in [0.15, 0.2) is 30.3 Å². The van der Waals surface area contributed by atoms with Crippen LogP contribution in [0.1, 0.15) is 12.0 Å². The van der Waals surface area contributed by atoms with Crippen LogP contribution in [0.2, 0.25) is 0 Å². The number of halogens is 1. The van der Waals surface area contributed by atoms with E-state index in [9.17, 15) is 4.39 Å². The number of fused-ring (bicyclic) bond motifs is 2. The molecule has 0 amide bonds. The van der Waals surface area contributed by atoms with Gasteiger partial charge in [0.2, 0.25) is 0 Å². The first kappa shape index (κ1) is 12.1. The summed E-state index contributed by atoms with van der Waals surface area (Å²) in [6, 6.07) is 9.93. The Labute approximate surface area is 106 Å². The highest BCUT2D eigenvalue weighted by Crippen LogP contribution is 2.41. The molecule has 2 bridgehead atoms. The van der Waals surface area contributed by atoms with Gasteiger partial charge in [0.1, 0.15) is 18.4 Å². The molecule has 3 atom stereocenters. The summed E-state index contributed by atoms with van der Waals surface area (Å²) in [5.74, 6) is 0. The fourth-order valence-corrected chi connectivity index (χ4v) is 2.72. The summed E-state index contributed by atoms with van der Waals surface area (Å²) < 4.78 is 29.8. The van der Waals surface area contributed by atoms with Crippen LogP contribution in [0.5, 0.6) is 0 Å². The van der Waals surface area contributed by atoms with Gasteiger partial charge in [0.25, 0.3) is 0 Å². The molecule has 3 nitrogen and oxygen atoms in total. The largest absolute Gasteiger partial charge is 0.374 e. The summed E-state index contributed by atoms with van der Waals surface area (Å²) in [7, 11) is 0. The maximum absolute atomic E-state index is 12.9. The van der Waals surface area contributed by atoms with Crippen LogP contribution in [-0.4, -0.2) is 37.7 Å². The summed E-state index contributed by atoms with van der Waals surface area (Å²) in [5, 5.41) is 0. The molecule has 0 aromatic heterocycles. The third kappa shape index (κ3) is 2.16. The topological polar surface area (TPSA) is 27.7 Å². The third-order valence-corrected chi connectivity index (χ3v) is 3.67. The van der Waals surface area contributed by atoms with Gasteiger partial charge in [-0.1, -0.05) is 30.3 Å². The van der Waals surface area contributed by atoms with E-state index >= 15 is 0 Å². The molecule has 0 spiro atoms. The first-order chi connectivity index (χ1) is 8.82. The molecule has 2 saturated heterocycles. The summed E-state index contributed by atoms with van der Waals surface area (Å²) in [4.78, 5) is 0. The maximum Gasteiger partial charge on any atom is 0.123 e. The molecule has 1 aromatic rings. The lowest BCUT2D eigenvalue weighted by atomic mass is 9.97. The van der Waals surface area contributed by atoms with Crippen molar-refractivity contribution in [2.45, 2.75) is 30.8 Å². The smallest absolute Gasteiger partial charge is 0.123 e. The molecule has 0 radical (unpaired) electrons.